The Balaban J connectivity index is 3.14. The zero-order chi connectivity index (χ0) is 21.2. The van der Waals surface area contributed by atoms with Crippen LogP contribution in [0.15, 0.2) is 36.5 Å². The first kappa shape index (κ1) is 23.7. The monoisotopic (exact) mass is 404 g/mol. The number of hydrogen-bond donors (Lipinski definition) is 2. The van der Waals surface area contributed by atoms with E-state index >= 15 is 0 Å². The quantitative estimate of drug-likeness (QED) is 0.468. The van der Waals surface area contributed by atoms with E-state index in [-0.39, 0.29) is 6.04 Å². The van der Waals surface area contributed by atoms with E-state index in [1.165, 1.54) is 0 Å². The zero-order valence-corrected chi connectivity index (χ0v) is 15.2. The van der Waals surface area contributed by atoms with E-state index in [9.17, 15) is 35.8 Å². The lowest BCUT2D eigenvalue weighted by Gasteiger charge is -2.40. The predicted octanol–water partition coefficient (Wildman–Crippen LogP) is 3.69. The van der Waals surface area contributed by atoms with Gasteiger partial charge >= 0.3 is 18.0 Å². The van der Waals surface area contributed by atoms with E-state index in [1.54, 1.807) is 26.0 Å². The summed E-state index contributed by atoms with van der Waals surface area (Å²) < 4.78 is 91.3. The van der Waals surface area contributed by atoms with Crippen molar-refractivity contribution in [1.82, 2.24) is 0 Å². The first-order valence-corrected chi connectivity index (χ1v) is 8.42. The van der Waals surface area contributed by atoms with Crippen LogP contribution < -0.4 is 4.90 Å². The van der Waals surface area contributed by atoms with E-state index in [0.29, 0.717) is 35.3 Å². The van der Waals surface area contributed by atoms with Gasteiger partial charge in [0.2, 0.25) is 0 Å². The van der Waals surface area contributed by atoms with Gasteiger partial charge in [-0.3, -0.25) is 0 Å². The first-order valence-electron chi connectivity index (χ1n) is 8.42. The van der Waals surface area contributed by atoms with Crippen LogP contribution in [0.25, 0.3) is 0 Å². The molecule has 1 rings (SSSR count). The SMILES string of the molecule is C=C(C)C[C@H]1CC=C[C@H](CC(=C)C)[NH+]1CC(O)C(F)(F)C(F)(F)C(F)(F)F. The lowest BCUT2D eigenvalue weighted by atomic mass is 9.92. The number of aliphatic hydroxyl groups is 1. The van der Waals surface area contributed by atoms with Crippen LogP contribution in [0.3, 0.4) is 0 Å². The van der Waals surface area contributed by atoms with E-state index < -0.39 is 36.7 Å². The van der Waals surface area contributed by atoms with Gasteiger partial charge < -0.3 is 10.0 Å². The number of nitrogens with one attached hydrogen (secondary N) is 1. The molecule has 0 aromatic carbocycles. The Morgan fingerprint density at radius 3 is 2.04 bits per heavy atom. The highest BCUT2D eigenvalue weighted by atomic mass is 19.4. The Labute approximate surface area is 154 Å². The molecule has 0 radical (unpaired) electrons. The van der Waals surface area contributed by atoms with Gasteiger partial charge in [0, 0.05) is 19.3 Å². The number of quaternary nitrogens is 1. The molecule has 0 saturated heterocycles. The molecule has 4 atom stereocenters. The summed E-state index contributed by atoms with van der Waals surface area (Å²) in [6, 6.07) is -0.840. The molecule has 156 valence electrons. The molecule has 0 amide bonds. The second-order valence-corrected chi connectivity index (χ2v) is 7.28. The maximum absolute atomic E-state index is 13.8. The van der Waals surface area contributed by atoms with Gasteiger partial charge in [-0.1, -0.05) is 30.4 Å². The maximum atomic E-state index is 13.8. The van der Waals surface area contributed by atoms with Gasteiger partial charge in [-0.05, 0) is 19.9 Å². The summed E-state index contributed by atoms with van der Waals surface area (Å²) in [5.74, 6) is -12.0. The van der Waals surface area contributed by atoms with Crippen LogP contribution in [0.2, 0.25) is 0 Å². The summed E-state index contributed by atoms with van der Waals surface area (Å²) in [5, 5.41) is 9.71. The average molecular weight is 404 g/mol. The average Bonchev–Trinajstić information content (AvgIpc) is 2.47. The van der Waals surface area contributed by atoms with Gasteiger partial charge in [0.05, 0.1) is 6.04 Å². The molecule has 0 saturated carbocycles. The van der Waals surface area contributed by atoms with Crippen LogP contribution in [0.1, 0.15) is 33.1 Å². The van der Waals surface area contributed by atoms with Crippen molar-refractivity contribution < 1.29 is 40.7 Å². The third kappa shape index (κ3) is 5.34. The van der Waals surface area contributed by atoms with Crippen molar-refractivity contribution in [1.29, 1.82) is 0 Å². The van der Waals surface area contributed by atoms with Crippen molar-refractivity contribution in [3.63, 3.8) is 0 Å². The molecule has 9 heteroatoms. The highest BCUT2D eigenvalue weighted by molar-refractivity contribution is 5.04. The van der Waals surface area contributed by atoms with Crippen LogP contribution >= 0.6 is 0 Å². The normalized spacial score (nSPS) is 25.3. The fourth-order valence-corrected chi connectivity index (χ4v) is 3.26. The Morgan fingerprint density at radius 2 is 1.59 bits per heavy atom. The maximum Gasteiger partial charge on any atom is 0.459 e. The fourth-order valence-electron chi connectivity index (χ4n) is 3.26. The van der Waals surface area contributed by atoms with Crippen LogP contribution in [-0.2, 0) is 0 Å². The van der Waals surface area contributed by atoms with Crippen LogP contribution in [0.4, 0.5) is 30.7 Å². The van der Waals surface area contributed by atoms with E-state index in [4.69, 9.17) is 0 Å². The molecule has 0 fully saturated rings. The van der Waals surface area contributed by atoms with Crippen LogP contribution in [-0.4, -0.2) is 47.9 Å². The van der Waals surface area contributed by atoms with Crippen molar-refractivity contribution in [2.45, 2.75) is 69.3 Å². The third-order valence-electron chi connectivity index (χ3n) is 4.58. The van der Waals surface area contributed by atoms with Gasteiger partial charge in [0.25, 0.3) is 0 Å². The third-order valence-corrected chi connectivity index (χ3v) is 4.58. The topological polar surface area (TPSA) is 24.7 Å². The number of alkyl halides is 7. The molecular weight excluding hydrogens is 379 g/mol. The zero-order valence-electron chi connectivity index (χ0n) is 15.2. The number of aliphatic hydroxyl groups excluding tert-OH is 1. The molecule has 0 bridgehead atoms. The van der Waals surface area contributed by atoms with E-state index in [0.717, 1.165) is 0 Å². The predicted molar refractivity (Wildman–Crippen MR) is 88.0 cm³/mol. The molecule has 0 aliphatic carbocycles. The summed E-state index contributed by atoms with van der Waals surface area (Å²) in [4.78, 5) is 0.314. The second kappa shape index (κ2) is 8.34. The summed E-state index contributed by atoms with van der Waals surface area (Å²) in [7, 11) is 0. The first-order chi connectivity index (χ1) is 12.1. The summed E-state index contributed by atoms with van der Waals surface area (Å²) in [6.45, 7) is 9.89. The highest BCUT2D eigenvalue weighted by Crippen LogP contribution is 2.47. The minimum atomic E-state index is -6.47. The molecule has 1 aliphatic rings. The van der Waals surface area contributed by atoms with Crippen LogP contribution in [0, 0.1) is 0 Å². The van der Waals surface area contributed by atoms with E-state index in [2.05, 4.69) is 13.2 Å². The molecule has 1 heterocycles. The van der Waals surface area contributed by atoms with Crippen molar-refractivity contribution in [3.8, 4) is 0 Å². The minimum Gasteiger partial charge on any atom is -0.381 e. The minimum absolute atomic E-state index is 0.314. The number of halogens is 7. The second-order valence-electron chi connectivity index (χ2n) is 7.28. The van der Waals surface area contributed by atoms with Crippen molar-refractivity contribution in [2.75, 3.05) is 6.54 Å². The molecule has 2 nitrogen and oxygen atoms in total. The van der Waals surface area contributed by atoms with Gasteiger partial charge in [-0.15, -0.1) is 0 Å². The summed E-state index contributed by atoms with van der Waals surface area (Å²) >= 11 is 0. The Bertz CT molecular complexity index is 583. The van der Waals surface area contributed by atoms with E-state index in [1.807, 2.05) is 0 Å². The fraction of sp³-hybridized carbons (Fsp3) is 0.667. The Hall–Kier alpha value is -1.35. The number of rotatable bonds is 8. The lowest BCUT2D eigenvalue weighted by Crippen LogP contribution is -3.20. The van der Waals surface area contributed by atoms with Gasteiger partial charge in [-0.25, -0.2) is 0 Å². The molecule has 0 spiro atoms. The van der Waals surface area contributed by atoms with Gasteiger partial charge in [0.15, 0.2) is 6.10 Å². The molecule has 1 aliphatic heterocycles. The summed E-state index contributed by atoms with van der Waals surface area (Å²) in [5.41, 5.74) is 1.41. The largest absolute Gasteiger partial charge is 0.459 e. The van der Waals surface area contributed by atoms with Gasteiger partial charge in [-0.2, -0.15) is 30.7 Å². The van der Waals surface area contributed by atoms with Crippen molar-refractivity contribution in [2.24, 2.45) is 0 Å². The Morgan fingerprint density at radius 1 is 1.07 bits per heavy atom. The molecule has 27 heavy (non-hydrogen) atoms. The molecular formula is C18H25F7NO+. The van der Waals surface area contributed by atoms with Gasteiger partial charge in [0.1, 0.15) is 12.6 Å². The highest BCUT2D eigenvalue weighted by Gasteiger charge is 2.75. The number of hydrogen-bond acceptors (Lipinski definition) is 1. The van der Waals surface area contributed by atoms with Crippen molar-refractivity contribution >= 4 is 0 Å². The van der Waals surface area contributed by atoms with Crippen LogP contribution in [0.5, 0.6) is 0 Å². The standard InChI is InChI=1S/C18H24F7NO/c1-11(2)8-13-6-5-7-14(9-12(3)4)26(13)10-15(27)16(19,20)17(21,22)18(23,24)25/h5-6,13-15,27H,1,3,7-10H2,2,4H3/p+1/t13-,14-,15?/m1/s1. The molecule has 0 aromatic rings. The lowest BCUT2D eigenvalue weighted by molar-refractivity contribution is -0.948. The Kier molecular flexibility index (Phi) is 7.32. The molecule has 0 aromatic heterocycles. The molecule has 2 unspecified atom stereocenters. The summed E-state index contributed by atoms with van der Waals surface area (Å²) in [6.07, 6.45) is -5.06. The molecule has 2 N–H and O–H groups in total. The smallest absolute Gasteiger partial charge is 0.381 e. The van der Waals surface area contributed by atoms with Crippen molar-refractivity contribution in [3.05, 3.63) is 36.5 Å².